The molecule has 2 aromatic rings. The van der Waals surface area contributed by atoms with E-state index >= 15 is 0 Å². The highest BCUT2D eigenvalue weighted by Crippen LogP contribution is 2.34. The fourth-order valence-corrected chi connectivity index (χ4v) is 2.74. The number of benzene rings is 1. The molecule has 0 radical (unpaired) electrons. The molecule has 0 amide bonds. The standard InChI is InChI=1S/C18H22N2O2/c1-11(2)16-17(21)15(14-7-5-4-6-12(14)3)18(22)20(19-16)10-13-8-9-13/h4-7,11,13,21H,8-10H2,1-3H3. The van der Waals surface area contributed by atoms with Gasteiger partial charge in [0.2, 0.25) is 0 Å². The molecular weight excluding hydrogens is 276 g/mol. The summed E-state index contributed by atoms with van der Waals surface area (Å²) in [6, 6.07) is 7.66. The number of aromatic nitrogens is 2. The minimum absolute atomic E-state index is 0.0290. The van der Waals surface area contributed by atoms with Crippen molar-refractivity contribution in [2.24, 2.45) is 5.92 Å². The Hall–Kier alpha value is -2.10. The molecular formula is C18H22N2O2. The first-order valence-corrected chi connectivity index (χ1v) is 7.89. The molecule has 1 aliphatic carbocycles. The number of nitrogens with zero attached hydrogens (tertiary/aromatic N) is 2. The molecule has 4 nitrogen and oxygen atoms in total. The van der Waals surface area contributed by atoms with Crippen LogP contribution in [0.3, 0.4) is 0 Å². The second kappa shape index (κ2) is 5.59. The van der Waals surface area contributed by atoms with Gasteiger partial charge in [0.15, 0.2) is 5.75 Å². The zero-order valence-corrected chi connectivity index (χ0v) is 13.3. The molecule has 0 saturated heterocycles. The summed E-state index contributed by atoms with van der Waals surface area (Å²) in [5, 5.41) is 15.0. The molecule has 3 rings (SSSR count). The summed E-state index contributed by atoms with van der Waals surface area (Å²) in [6.07, 6.45) is 2.32. The van der Waals surface area contributed by atoms with Crippen molar-refractivity contribution in [3.63, 3.8) is 0 Å². The third-order valence-electron chi connectivity index (χ3n) is 4.25. The predicted octanol–water partition coefficient (Wildman–Crippen LogP) is 3.46. The van der Waals surface area contributed by atoms with Crippen molar-refractivity contribution in [2.75, 3.05) is 0 Å². The summed E-state index contributed by atoms with van der Waals surface area (Å²) >= 11 is 0. The van der Waals surface area contributed by atoms with Crippen LogP contribution in [0.15, 0.2) is 29.1 Å². The van der Waals surface area contributed by atoms with Gasteiger partial charge in [-0.15, -0.1) is 0 Å². The van der Waals surface area contributed by atoms with E-state index in [0.29, 0.717) is 23.7 Å². The number of rotatable bonds is 4. The van der Waals surface area contributed by atoms with E-state index in [1.807, 2.05) is 45.0 Å². The molecule has 1 aromatic carbocycles. The van der Waals surface area contributed by atoms with Gasteiger partial charge in [-0.3, -0.25) is 4.79 Å². The fourth-order valence-electron chi connectivity index (χ4n) is 2.74. The van der Waals surface area contributed by atoms with Crippen molar-refractivity contribution in [2.45, 2.75) is 46.1 Å². The Morgan fingerprint density at radius 3 is 2.59 bits per heavy atom. The van der Waals surface area contributed by atoms with Crippen LogP contribution < -0.4 is 5.56 Å². The topological polar surface area (TPSA) is 55.1 Å². The zero-order chi connectivity index (χ0) is 15.9. The molecule has 0 atom stereocenters. The largest absolute Gasteiger partial charge is 0.505 e. The van der Waals surface area contributed by atoms with Gasteiger partial charge in [-0.1, -0.05) is 38.1 Å². The number of hydrogen-bond donors (Lipinski definition) is 1. The Bertz CT molecular complexity index is 758. The van der Waals surface area contributed by atoms with E-state index in [2.05, 4.69) is 5.10 Å². The molecule has 1 saturated carbocycles. The van der Waals surface area contributed by atoms with Crippen LogP contribution in [0.4, 0.5) is 0 Å². The monoisotopic (exact) mass is 298 g/mol. The molecule has 1 aromatic heterocycles. The summed E-state index contributed by atoms with van der Waals surface area (Å²) in [4.78, 5) is 12.8. The average Bonchev–Trinajstić information content (AvgIpc) is 3.27. The zero-order valence-electron chi connectivity index (χ0n) is 13.3. The Kier molecular flexibility index (Phi) is 3.77. The minimum atomic E-state index is -0.192. The molecule has 116 valence electrons. The van der Waals surface area contributed by atoms with E-state index in [-0.39, 0.29) is 17.2 Å². The number of aryl methyl sites for hydroxylation is 1. The molecule has 1 fully saturated rings. The first-order chi connectivity index (χ1) is 10.5. The molecule has 0 spiro atoms. The highest BCUT2D eigenvalue weighted by atomic mass is 16.3. The molecule has 4 heteroatoms. The Labute approximate surface area is 130 Å². The second-order valence-electron chi connectivity index (χ2n) is 6.51. The third-order valence-corrected chi connectivity index (χ3v) is 4.25. The van der Waals surface area contributed by atoms with Crippen LogP contribution >= 0.6 is 0 Å². The van der Waals surface area contributed by atoms with E-state index in [9.17, 15) is 9.90 Å². The molecule has 0 unspecified atom stereocenters. The van der Waals surface area contributed by atoms with Gasteiger partial charge in [-0.2, -0.15) is 5.10 Å². The Morgan fingerprint density at radius 2 is 2.00 bits per heavy atom. The molecule has 1 N–H and O–H groups in total. The van der Waals surface area contributed by atoms with Crippen LogP contribution in [0.25, 0.3) is 11.1 Å². The highest BCUT2D eigenvalue weighted by molar-refractivity contribution is 5.72. The highest BCUT2D eigenvalue weighted by Gasteiger charge is 2.26. The molecule has 1 aliphatic rings. The van der Waals surface area contributed by atoms with Crippen molar-refractivity contribution in [1.29, 1.82) is 0 Å². The maximum Gasteiger partial charge on any atom is 0.278 e. The lowest BCUT2D eigenvalue weighted by atomic mass is 9.98. The van der Waals surface area contributed by atoms with E-state index in [4.69, 9.17) is 0 Å². The van der Waals surface area contributed by atoms with E-state index < -0.39 is 0 Å². The van der Waals surface area contributed by atoms with Crippen molar-refractivity contribution >= 4 is 0 Å². The van der Waals surface area contributed by atoms with Gasteiger partial charge in [0.05, 0.1) is 5.56 Å². The Morgan fingerprint density at radius 1 is 1.32 bits per heavy atom. The van der Waals surface area contributed by atoms with Crippen LogP contribution in [0.2, 0.25) is 0 Å². The lowest BCUT2D eigenvalue weighted by Crippen LogP contribution is -2.27. The summed E-state index contributed by atoms with van der Waals surface area (Å²) in [5.74, 6) is 0.648. The van der Waals surface area contributed by atoms with Crippen LogP contribution in [-0.4, -0.2) is 14.9 Å². The fraction of sp³-hybridized carbons (Fsp3) is 0.444. The van der Waals surface area contributed by atoms with Gasteiger partial charge in [0, 0.05) is 12.5 Å². The third kappa shape index (κ3) is 2.65. The molecule has 0 aliphatic heterocycles. The van der Waals surface area contributed by atoms with Gasteiger partial charge in [-0.25, -0.2) is 4.68 Å². The maximum atomic E-state index is 12.8. The summed E-state index contributed by atoms with van der Waals surface area (Å²) in [6.45, 7) is 6.57. The maximum absolute atomic E-state index is 12.8. The van der Waals surface area contributed by atoms with Gasteiger partial charge in [-0.05, 0) is 36.8 Å². The van der Waals surface area contributed by atoms with Crippen molar-refractivity contribution < 1.29 is 5.11 Å². The first-order valence-electron chi connectivity index (χ1n) is 7.89. The number of aromatic hydroxyl groups is 1. The van der Waals surface area contributed by atoms with Crippen LogP contribution in [-0.2, 0) is 6.54 Å². The quantitative estimate of drug-likeness (QED) is 0.940. The van der Waals surface area contributed by atoms with E-state index in [1.54, 1.807) is 4.68 Å². The van der Waals surface area contributed by atoms with Gasteiger partial charge < -0.3 is 5.11 Å². The summed E-state index contributed by atoms with van der Waals surface area (Å²) in [5.41, 5.74) is 2.56. The minimum Gasteiger partial charge on any atom is -0.505 e. The lowest BCUT2D eigenvalue weighted by molar-refractivity contribution is 0.438. The van der Waals surface area contributed by atoms with E-state index in [1.165, 1.54) is 0 Å². The lowest BCUT2D eigenvalue weighted by Gasteiger charge is -2.16. The van der Waals surface area contributed by atoms with Crippen molar-refractivity contribution in [3.05, 3.63) is 45.9 Å². The van der Waals surface area contributed by atoms with Crippen LogP contribution in [0.1, 0.15) is 43.9 Å². The normalized spacial score (nSPS) is 14.5. The first kappa shape index (κ1) is 14.8. The van der Waals surface area contributed by atoms with Crippen LogP contribution in [0.5, 0.6) is 5.75 Å². The predicted molar refractivity (Wildman–Crippen MR) is 87.1 cm³/mol. The number of hydrogen-bond acceptors (Lipinski definition) is 3. The summed E-state index contributed by atoms with van der Waals surface area (Å²) < 4.78 is 1.55. The Balaban J connectivity index is 2.25. The average molecular weight is 298 g/mol. The smallest absolute Gasteiger partial charge is 0.278 e. The second-order valence-corrected chi connectivity index (χ2v) is 6.51. The van der Waals surface area contributed by atoms with Crippen molar-refractivity contribution in [3.8, 4) is 16.9 Å². The molecule has 0 bridgehead atoms. The van der Waals surface area contributed by atoms with Gasteiger partial charge >= 0.3 is 0 Å². The van der Waals surface area contributed by atoms with Crippen molar-refractivity contribution in [1.82, 2.24) is 9.78 Å². The summed E-state index contributed by atoms with van der Waals surface area (Å²) in [7, 11) is 0. The molecule has 1 heterocycles. The van der Waals surface area contributed by atoms with E-state index in [0.717, 1.165) is 24.0 Å². The SMILES string of the molecule is Cc1ccccc1-c1c(O)c(C(C)C)nn(CC2CC2)c1=O. The molecule has 22 heavy (non-hydrogen) atoms. The van der Waals surface area contributed by atoms with Crippen LogP contribution in [0, 0.1) is 12.8 Å². The van der Waals surface area contributed by atoms with Gasteiger partial charge in [0.25, 0.3) is 5.56 Å². The van der Waals surface area contributed by atoms with Gasteiger partial charge in [0.1, 0.15) is 5.69 Å².